The molecule has 0 aliphatic carbocycles. The summed E-state index contributed by atoms with van der Waals surface area (Å²) < 4.78 is 13.1. The van der Waals surface area contributed by atoms with Gasteiger partial charge < -0.3 is 0 Å². The van der Waals surface area contributed by atoms with E-state index in [4.69, 9.17) is 10.5 Å². The molecular formula is C10H5FN2O. The second kappa shape index (κ2) is 4.15. The molecule has 1 rings (SSSR count). The van der Waals surface area contributed by atoms with Crippen LogP contribution in [0.25, 0.3) is 0 Å². The van der Waals surface area contributed by atoms with E-state index in [2.05, 4.69) is 0 Å². The lowest BCUT2D eigenvalue weighted by Gasteiger charge is -2.02. The summed E-state index contributed by atoms with van der Waals surface area (Å²) in [5, 5.41) is 17.1. The molecule has 0 N–H and O–H groups in total. The van der Waals surface area contributed by atoms with Gasteiger partial charge in [-0.15, -0.1) is 0 Å². The molecule has 0 aromatic heterocycles. The van der Waals surface area contributed by atoms with E-state index in [-0.39, 0.29) is 23.1 Å². The molecule has 0 unspecified atom stereocenters. The van der Waals surface area contributed by atoms with Crippen LogP contribution in [-0.4, -0.2) is 6.29 Å². The van der Waals surface area contributed by atoms with E-state index in [1.165, 1.54) is 6.07 Å². The molecule has 68 valence electrons. The normalized spacial score (nSPS) is 8.79. The molecule has 0 aliphatic rings. The van der Waals surface area contributed by atoms with Crippen LogP contribution in [0.2, 0.25) is 0 Å². The van der Waals surface area contributed by atoms with E-state index >= 15 is 0 Å². The fourth-order valence-electron chi connectivity index (χ4n) is 1.12. The van der Waals surface area contributed by atoms with Crippen molar-refractivity contribution in [2.75, 3.05) is 0 Å². The van der Waals surface area contributed by atoms with E-state index < -0.39 is 5.82 Å². The van der Waals surface area contributed by atoms with E-state index in [9.17, 15) is 9.18 Å². The largest absolute Gasteiger partial charge is 0.298 e. The predicted molar refractivity (Wildman–Crippen MR) is 45.8 cm³/mol. The maximum absolute atomic E-state index is 13.1. The highest BCUT2D eigenvalue weighted by Crippen LogP contribution is 2.16. The van der Waals surface area contributed by atoms with Gasteiger partial charge in [-0.05, 0) is 12.1 Å². The minimum atomic E-state index is -0.631. The molecule has 0 saturated carbocycles. The van der Waals surface area contributed by atoms with Gasteiger partial charge in [-0.1, -0.05) is 0 Å². The Kier molecular flexibility index (Phi) is 2.93. The van der Waals surface area contributed by atoms with E-state index in [1.807, 2.05) is 0 Å². The number of hydrogen-bond acceptors (Lipinski definition) is 3. The highest BCUT2D eigenvalue weighted by molar-refractivity contribution is 5.80. The molecular weight excluding hydrogens is 183 g/mol. The second-order valence-electron chi connectivity index (χ2n) is 2.55. The Hall–Kier alpha value is -2.20. The monoisotopic (exact) mass is 188 g/mol. The number of nitrogens with zero attached hydrogens (tertiary/aromatic N) is 2. The number of halogens is 1. The van der Waals surface area contributed by atoms with Crippen molar-refractivity contribution in [1.82, 2.24) is 0 Å². The summed E-state index contributed by atoms with van der Waals surface area (Å²) in [6.07, 6.45) is 0.259. The molecule has 0 saturated heterocycles. The van der Waals surface area contributed by atoms with Crippen molar-refractivity contribution < 1.29 is 9.18 Å². The molecule has 0 aliphatic heterocycles. The summed E-state index contributed by atoms with van der Waals surface area (Å²) in [7, 11) is 0. The lowest BCUT2D eigenvalue weighted by Crippen LogP contribution is -1.98. The van der Waals surface area contributed by atoms with E-state index in [1.54, 1.807) is 12.1 Å². The molecule has 3 nitrogen and oxygen atoms in total. The Morgan fingerprint density at radius 2 is 2.14 bits per heavy atom. The Morgan fingerprint density at radius 3 is 2.64 bits per heavy atom. The van der Waals surface area contributed by atoms with Crippen molar-refractivity contribution in [1.29, 1.82) is 10.5 Å². The summed E-state index contributed by atoms with van der Waals surface area (Å²) in [6, 6.07) is 5.77. The van der Waals surface area contributed by atoms with Gasteiger partial charge in [-0.3, -0.25) is 4.79 Å². The van der Waals surface area contributed by atoms with Crippen molar-refractivity contribution in [2.45, 2.75) is 6.42 Å². The minimum Gasteiger partial charge on any atom is -0.298 e. The zero-order chi connectivity index (χ0) is 10.6. The van der Waals surface area contributed by atoms with Crippen LogP contribution in [0.5, 0.6) is 0 Å². The van der Waals surface area contributed by atoms with Gasteiger partial charge in [-0.2, -0.15) is 10.5 Å². The summed E-state index contributed by atoms with van der Waals surface area (Å²) >= 11 is 0. The van der Waals surface area contributed by atoms with Crippen LogP contribution in [0.15, 0.2) is 12.1 Å². The number of nitriles is 2. The summed E-state index contributed by atoms with van der Waals surface area (Å²) in [5.41, 5.74) is 0.0419. The molecule has 1 aromatic carbocycles. The van der Waals surface area contributed by atoms with Gasteiger partial charge >= 0.3 is 0 Å². The van der Waals surface area contributed by atoms with Crippen LogP contribution in [0.4, 0.5) is 4.39 Å². The average molecular weight is 188 g/mol. The van der Waals surface area contributed by atoms with Crippen molar-refractivity contribution in [3.63, 3.8) is 0 Å². The fraction of sp³-hybridized carbons (Fsp3) is 0.100. The number of carbonyl (C=O) groups excluding carboxylic acids is 1. The molecule has 1 aromatic rings. The van der Waals surface area contributed by atoms with E-state index in [0.717, 1.165) is 6.07 Å². The van der Waals surface area contributed by atoms with Crippen molar-refractivity contribution in [2.24, 2.45) is 0 Å². The quantitative estimate of drug-likeness (QED) is 0.661. The molecule has 4 heteroatoms. The third-order valence-corrected chi connectivity index (χ3v) is 1.78. The molecule has 0 radical (unpaired) electrons. The molecule has 0 bridgehead atoms. The van der Waals surface area contributed by atoms with Crippen LogP contribution in [0, 0.1) is 28.5 Å². The smallest absolute Gasteiger partial charge is 0.151 e. The number of carbonyl (C=O) groups is 1. The Morgan fingerprint density at radius 1 is 1.43 bits per heavy atom. The second-order valence-corrected chi connectivity index (χ2v) is 2.55. The molecule has 0 fully saturated rings. The molecule has 0 spiro atoms. The van der Waals surface area contributed by atoms with Gasteiger partial charge in [0.15, 0.2) is 6.29 Å². The molecule has 0 amide bonds. The van der Waals surface area contributed by atoms with Gasteiger partial charge in [0.2, 0.25) is 0 Å². The Labute approximate surface area is 80.0 Å². The predicted octanol–water partition coefficient (Wildman–Crippen LogP) is 1.58. The number of hydrogen-bond donors (Lipinski definition) is 0. The first-order valence-electron chi connectivity index (χ1n) is 3.78. The first-order valence-corrected chi connectivity index (χ1v) is 3.78. The SMILES string of the molecule is N#CCc1c(F)ccc(C=O)c1C#N. The van der Waals surface area contributed by atoms with Gasteiger partial charge in [0.1, 0.15) is 11.9 Å². The van der Waals surface area contributed by atoms with E-state index in [0.29, 0.717) is 6.29 Å². The lowest BCUT2D eigenvalue weighted by atomic mass is 10.0. The third-order valence-electron chi connectivity index (χ3n) is 1.78. The van der Waals surface area contributed by atoms with Crippen LogP contribution in [0.1, 0.15) is 21.5 Å². The Balaban J connectivity index is 3.46. The first-order chi connectivity index (χ1) is 6.74. The maximum atomic E-state index is 13.1. The summed E-state index contributed by atoms with van der Waals surface area (Å²) in [6.45, 7) is 0. The van der Waals surface area contributed by atoms with Crippen LogP contribution < -0.4 is 0 Å². The zero-order valence-corrected chi connectivity index (χ0v) is 7.12. The zero-order valence-electron chi connectivity index (χ0n) is 7.12. The molecule has 0 heterocycles. The van der Waals surface area contributed by atoms with Gasteiger partial charge in [0, 0.05) is 11.1 Å². The first kappa shape index (κ1) is 9.88. The average Bonchev–Trinajstić information content (AvgIpc) is 2.21. The van der Waals surface area contributed by atoms with Crippen LogP contribution >= 0.6 is 0 Å². The molecule has 0 atom stereocenters. The number of aldehydes is 1. The fourth-order valence-corrected chi connectivity index (χ4v) is 1.12. The van der Waals surface area contributed by atoms with Crippen molar-refractivity contribution in [3.05, 3.63) is 34.6 Å². The maximum Gasteiger partial charge on any atom is 0.151 e. The number of benzene rings is 1. The minimum absolute atomic E-state index is 0.0143. The van der Waals surface area contributed by atoms with Crippen LogP contribution in [-0.2, 0) is 6.42 Å². The van der Waals surface area contributed by atoms with Gasteiger partial charge in [0.25, 0.3) is 0 Å². The molecule has 14 heavy (non-hydrogen) atoms. The topological polar surface area (TPSA) is 64.7 Å². The third kappa shape index (κ3) is 1.60. The standard InChI is InChI=1S/C10H5FN2O/c11-10-2-1-7(6-14)9(5-13)8(10)3-4-12/h1-2,6H,3H2. The highest BCUT2D eigenvalue weighted by atomic mass is 19.1. The van der Waals surface area contributed by atoms with Crippen molar-refractivity contribution in [3.8, 4) is 12.1 Å². The highest BCUT2D eigenvalue weighted by Gasteiger charge is 2.12. The summed E-state index contributed by atoms with van der Waals surface area (Å²) in [5.74, 6) is -0.631. The number of rotatable bonds is 2. The lowest BCUT2D eigenvalue weighted by molar-refractivity contribution is 0.112. The van der Waals surface area contributed by atoms with Crippen molar-refractivity contribution >= 4 is 6.29 Å². The Bertz CT molecular complexity index is 454. The van der Waals surface area contributed by atoms with Gasteiger partial charge in [0.05, 0.1) is 18.1 Å². The summed E-state index contributed by atoms with van der Waals surface area (Å²) in [4.78, 5) is 10.5. The van der Waals surface area contributed by atoms with Crippen LogP contribution in [0.3, 0.4) is 0 Å². The van der Waals surface area contributed by atoms with Gasteiger partial charge in [-0.25, -0.2) is 4.39 Å².